The number of unbranched alkanes of at least 4 members (excludes halogenated alkanes) is 3. The minimum absolute atomic E-state index is 0.0773. The number of ether oxygens (including phenoxy) is 1. The molecule has 1 amide bonds. The van der Waals surface area contributed by atoms with Gasteiger partial charge in [-0.3, -0.25) is 4.79 Å². The average Bonchev–Trinajstić information content (AvgIpc) is 2.65. The van der Waals surface area contributed by atoms with Gasteiger partial charge in [0.05, 0.1) is 6.61 Å². The number of carbonyl (C=O) groups is 3. The topological polar surface area (TPSA) is 95.9 Å². The molecule has 1 heterocycles. The highest BCUT2D eigenvalue weighted by molar-refractivity contribution is 7.82. The van der Waals surface area contributed by atoms with Crippen LogP contribution in [0.2, 0.25) is 0 Å². The normalized spacial score (nSPS) is 17.3. The molecule has 1 fully saturated rings. The van der Waals surface area contributed by atoms with Crippen LogP contribution in [0.3, 0.4) is 0 Å². The summed E-state index contributed by atoms with van der Waals surface area (Å²) in [5.41, 5.74) is 0. The first-order chi connectivity index (χ1) is 13.9. The number of hydrogen-bond donors (Lipinski definition) is 3. The molecule has 0 aromatic rings. The van der Waals surface area contributed by atoms with E-state index in [2.05, 4.69) is 24.2 Å². The monoisotopic (exact) mass is 458 g/mol. The highest BCUT2D eigenvalue weighted by Gasteiger charge is 2.43. The minimum Gasteiger partial charge on any atom is -0.475 e. The molecule has 1 rings (SSSR count). The second-order valence-corrected chi connectivity index (χ2v) is 8.16. The maximum absolute atomic E-state index is 12.3. The van der Waals surface area contributed by atoms with Gasteiger partial charge in [0.2, 0.25) is 5.91 Å². The van der Waals surface area contributed by atoms with Crippen LogP contribution in [0.1, 0.15) is 58.8 Å². The standard InChI is InChI=1S/C17H32N2O3S.C2HF3O2/c1-4-6-7-8-9-14(20)18-15(16(21)22-5-2)17(23)10-12-19(3)13-11-17;3-2(4,5)1(6)7/h15,23H,4-13H2,1-3H3,(H,18,20);(H,6,7). The van der Waals surface area contributed by atoms with Crippen molar-refractivity contribution < 1.29 is 37.4 Å². The van der Waals surface area contributed by atoms with Crippen LogP contribution in [0.4, 0.5) is 13.2 Å². The Morgan fingerprint density at radius 3 is 2.13 bits per heavy atom. The van der Waals surface area contributed by atoms with Crippen LogP contribution < -0.4 is 5.32 Å². The molecule has 30 heavy (non-hydrogen) atoms. The highest BCUT2D eigenvalue weighted by Crippen LogP contribution is 2.32. The summed E-state index contributed by atoms with van der Waals surface area (Å²) in [5.74, 6) is -3.20. The van der Waals surface area contributed by atoms with Crippen molar-refractivity contribution in [1.29, 1.82) is 0 Å². The largest absolute Gasteiger partial charge is 0.490 e. The molecule has 176 valence electrons. The molecule has 1 unspecified atom stereocenters. The maximum atomic E-state index is 12.3. The van der Waals surface area contributed by atoms with E-state index in [4.69, 9.17) is 27.3 Å². The van der Waals surface area contributed by atoms with E-state index in [-0.39, 0.29) is 11.9 Å². The number of hydrogen-bond acceptors (Lipinski definition) is 6. The van der Waals surface area contributed by atoms with Crippen molar-refractivity contribution in [1.82, 2.24) is 10.2 Å². The number of rotatable bonds is 9. The second kappa shape index (κ2) is 13.7. The summed E-state index contributed by atoms with van der Waals surface area (Å²) in [4.78, 5) is 35.7. The fourth-order valence-electron chi connectivity index (χ4n) is 2.88. The number of alkyl halides is 3. The van der Waals surface area contributed by atoms with Crippen LogP contribution in [0.15, 0.2) is 0 Å². The summed E-state index contributed by atoms with van der Waals surface area (Å²) >= 11 is 4.77. The number of nitrogens with zero attached hydrogens (tertiary/aromatic N) is 1. The first-order valence-corrected chi connectivity index (χ1v) is 10.5. The Hall–Kier alpha value is -1.49. The predicted molar refractivity (Wildman–Crippen MR) is 109 cm³/mol. The first-order valence-electron chi connectivity index (χ1n) is 10.0. The van der Waals surface area contributed by atoms with Crippen molar-refractivity contribution in [2.45, 2.75) is 75.8 Å². The van der Waals surface area contributed by atoms with Crippen molar-refractivity contribution in [3.63, 3.8) is 0 Å². The summed E-state index contributed by atoms with van der Waals surface area (Å²) in [6, 6.07) is -0.668. The summed E-state index contributed by atoms with van der Waals surface area (Å²) in [6.07, 6.45) is 1.07. The molecule has 0 aromatic carbocycles. The van der Waals surface area contributed by atoms with Crippen LogP contribution in [0.25, 0.3) is 0 Å². The zero-order valence-electron chi connectivity index (χ0n) is 17.8. The third kappa shape index (κ3) is 11.1. The number of likely N-dealkylation sites (tertiary alicyclic amines) is 1. The SMILES string of the molecule is CCCCCCC(=O)NC(C(=O)OCC)C1(S)CCN(C)CC1.O=C(O)C(F)(F)F. The summed E-state index contributed by atoms with van der Waals surface area (Å²) in [5, 5.41) is 10.0. The van der Waals surface area contributed by atoms with Gasteiger partial charge in [0.15, 0.2) is 0 Å². The van der Waals surface area contributed by atoms with Gasteiger partial charge < -0.3 is 20.1 Å². The van der Waals surface area contributed by atoms with E-state index in [0.717, 1.165) is 51.6 Å². The Morgan fingerprint density at radius 1 is 1.17 bits per heavy atom. The van der Waals surface area contributed by atoms with Crippen molar-refractivity contribution in [2.24, 2.45) is 0 Å². The Balaban J connectivity index is 0.00000103. The van der Waals surface area contributed by atoms with E-state index in [1.54, 1.807) is 6.92 Å². The van der Waals surface area contributed by atoms with E-state index in [1.165, 1.54) is 0 Å². The second-order valence-electron chi connectivity index (χ2n) is 7.27. The third-order valence-corrected chi connectivity index (χ3v) is 5.42. The van der Waals surface area contributed by atoms with Crippen molar-refractivity contribution in [2.75, 3.05) is 26.7 Å². The Labute approximate surface area is 181 Å². The number of aliphatic carboxylic acids is 1. The van der Waals surface area contributed by atoms with Gasteiger partial charge in [-0.2, -0.15) is 25.8 Å². The van der Waals surface area contributed by atoms with Gasteiger partial charge in [-0.05, 0) is 46.3 Å². The molecule has 2 N–H and O–H groups in total. The Kier molecular flexibility index (Phi) is 13.1. The van der Waals surface area contributed by atoms with Gasteiger partial charge in [-0.25, -0.2) is 9.59 Å². The molecule has 1 aliphatic rings. The van der Waals surface area contributed by atoms with E-state index < -0.39 is 22.9 Å². The number of thiol groups is 1. The van der Waals surface area contributed by atoms with E-state index in [1.807, 2.05) is 0 Å². The number of carbonyl (C=O) groups excluding carboxylic acids is 2. The lowest BCUT2D eigenvalue weighted by molar-refractivity contribution is -0.192. The zero-order chi connectivity index (χ0) is 23.4. The van der Waals surface area contributed by atoms with Crippen molar-refractivity contribution in [3.05, 3.63) is 0 Å². The fourth-order valence-corrected chi connectivity index (χ4v) is 3.25. The first kappa shape index (κ1) is 28.5. The van der Waals surface area contributed by atoms with Crippen LogP contribution in [0.5, 0.6) is 0 Å². The lowest BCUT2D eigenvalue weighted by Crippen LogP contribution is -2.58. The smallest absolute Gasteiger partial charge is 0.475 e. The lowest BCUT2D eigenvalue weighted by Gasteiger charge is -2.41. The summed E-state index contributed by atoms with van der Waals surface area (Å²) < 4.78 is 36.4. The van der Waals surface area contributed by atoms with Gasteiger partial charge in [0.25, 0.3) is 0 Å². The quantitative estimate of drug-likeness (QED) is 0.279. The molecule has 11 heteroatoms. The molecule has 0 saturated carbocycles. The minimum atomic E-state index is -5.08. The van der Waals surface area contributed by atoms with E-state index in [0.29, 0.717) is 13.0 Å². The Morgan fingerprint density at radius 2 is 1.70 bits per heavy atom. The van der Waals surface area contributed by atoms with Crippen molar-refractivity contribution in [3.8, 4) is 0 Å². The summed E-state index contributed by atoms with van der Waals surface area (Å²) in [6.45, 7) is 5.96. The molecular weight excluding hydrogens is 425 g/mol. The van der Waals surface area contributed by atoms with E-state index in [9.17, 15) is 22.8 Å². The zero-order valence-corrected chi connectivity index (χ0v) is 18.7. The molecule has 0 radical (unpaired) electrons. The molecule has 7 nitrogen and oxygen atoms in total. The predicted octanol–water partition coefficient (Wildman–Crippen LogP) is 3.03. The Bertz CT molecular complexity index is 553. The molecule has 0 aromatic heterocycles. The molecule has 1 saturated heterocycles. The van der Waals surface area contributed by atoms with Gasteiger partial charge in [-0.15, -0.1) is 0 Å². The molecule has 0 aliphatic carbocycles. The van der Waals surface area contributed by atoms with Crippen LogP contribution >= 0.6 is 12.6 Å². The highest BCUT2D eigenvalue weighted by atomic mass is 32.1. The molecular formula is C19H33F3N2O5S. The number of carboxylic acid groups (broad SMARTS) is 1. The third-order valence-electron chi connectivity index (χ3n) is 4.72. The van der Waals surface area contributed by atoms with Crippen LogP contribution in [-0.4, -0.2) is 71.6 Å². The van der Waals surface area contributed by atoms with Crippen LogP contribution in [0, 0.1) is 0 Å². The summed E-state index contributed by atoms with van der Waals surface area (Å²) in [7, 11) is 2.05. The number of halogens is 3. The van der Waals surface area contributed by atoms with Crippen molar-refractivity contribution >= 4 is 30.5 Å². The fraction of sp³-hybridized carbons (Fsp3) is 0.842. The number of piperidine rings is 1. The molecule has 0 spiro atoms. The maximum Gasteiger partial charge on any atom is 0.490 e. The van der Waals surface area contributed by atoms with Gasteiger partial charge in [-0.1, -0.05) is 26.2 Å². The van der Waals surface area contributed by atoms with Gasteiger partial charge in [0, 0.05) is 11.2 Å². The number of carboxylic acids is 1. The van der Waals surface area contributed by atoms with Gasteiger partial charge >= 0.3 is 18.1 Å². The van der Waals surface area contributed by atoms with E-state index >= 15 is 0 Å². The molecule has 1 aliphatic heterocycles. The van der Waals surface area contributed by atoms with Crippen LogP contribution in [-0.2, 0) is 19.1 Å². The average molecular weight is 459 g/mol. The van der Waals surface area contributed by atoms with Gasteiger partial charge in [0.1, 0.15) is 6.04 Å². The number of amides is 1. The number of esters is 1. The lowest BCUT2D eigenvalue weighted by atomic mass is 9.88. The molecule has 0 bridgehead atoms. The molecule has 1 atom stereocenters. The number of nitrogens with one attached hydrogen (secondary N) is 1.